The van der Waals surface area contributed by atoms with Crippen molar-refractivity contribution in [2.45, 2.75) is 70.5 Å². The molecule has 8 nitrogen and oxygen atoms in total. The molecule has 2 aliphatic rings. The Kier molecular flexibility index (Phi) is 6.80. The Labute approximate surface area is 203 Å². The van der Waals surface area contributed by atoms with Crippen molar-refractivity contribution in [3.8, 4) is 0 Å². The Hall–Kier alpha value is -2.94. The number of aromatic nitrogens is 3. The Morgan fingerprint density at radius 3 is 2.53 bits per heavy atom. The van der Waals surface area contributed by atoms with Crippen LogP contribution in [-0.4, -0.2) is 56.8 Å². The molecule has 0 atom stereocenters. The third-order valence-corrected chi connectivity index (χ3v) is 7.77. The SMILES string of the molecule is Cc1cc(C(=O)N2CCC(NC(=O)NC3CCCCC3)CC2)c2cnn(Cc3cccs3)c2n1. The molecule has 5 rings (SSSR count). The van der Waals surface area contributed by atoms with E-state index < -0.39 is 0 Å². The van der Waals surface area contributed by atoms with Crippen molar-refractivity contribution in [2.75, 3.05) is 13.1 Å². The molecule has 1 saturated carbocycles. The molecule has 9 heteroatoms. The molecule has 0 radical (unpaired) electrons. The molecule has 1 saturated heterocycles. The normalized spacial score (nSPS) is 17.7. The van der Waals surface area contributed by atoms with E-state index in [1.807, 2.05) is 34.0 Å². The number of nitrogens with one attached hydrogen (secondary N) is 2. The minimum atomic E-state index is -0.0682. The Balaban J connectivity index is 1.22. The third kappa shape index (κ3) is 5.09. The minimum Gasteiger partial charge on any atom is -0.338 e. The lowest BCUT2D eigenvalue weighted by atomic mass is 9.96. The molecule has 34 heavy (non-hydrogen) atoms. The van der Waals surface area contributed by atoms with Crippen LogP contribution < -0.4 is 10.6 Å². The average molecular weight is 481 g/mol. The van der Waals surface area contributed by atoms with Crippen molar-refractivity contribution < 1.29 is 9.59 Å². The topological polar surface area (TPSA) is 92.2 Å². The summed E-state index contributed by atoms with van der Waals surface area (Å²) in [5.74, 6) is 0.0104. The van der Waals surface area contributed by atoms with Crippen LogP contribution in [0.15, 0.2) is 29.8 Å². The predicted octanol–water partition coefficient (Wildman–Crippen LogP) is 4.09. The summed E-state index contributed by atoms with van der Waals surface area (Å²) < 4.78 is 1.87. The van der Waals surface area contributed by atoms with Crippen LogP contribution in [0.5, 0.6) is 0 Å². The van der Waals surface area contributed by atoms with Gasteiger partial charge in [0.05, 0.1) is 23.7 Å². The lowest BCUT2D eigenvalue weighted by molar-refractivity contribution is 0.0710. The highest BCUT2D eigenvalue weighted by Crippen LogP contribution is 2.23. The zero-order valence-corrected chi connectivity index (χ0v) is 20.4. The summed E-state index contributed by atoms with van der Waals surface area (Å²) in [5, 5.41) is 13.6. The first kappa shape index (κ1) is 22.8. The number of carbonyl (C=O) groups excluding carboxylic acids is 2. The molecule has 3 aromatic heterocycles. The quantitative estimate of drug-likeness (QED) is 0.575. The van der Waals surface area contributed by atoms with Crippen LogP contribution in [0.25, 0.3) is 11.0 Å². The van der Waals surface area contributed by atoms with E-state index in [4.69, 9.17) is 0 Å². The van der Waals surface area contributed by atoms with Gasteiger partial charge in [-0.05, 0) is 50.1 Å². The monoisotopic (exact) mass is 480 g/mol. The Bertz CT molecular complexity index is 1140. The number of rotatable bonds is 5. The van der Waals surface area contributed by atoms with Gasteiger partial charge in [-0.15, -0.1) is 11.3 Å². The van der Waals surface area contributed by atoms with Gasteiger partial charge in [-0.1, -0.05) is 25.3 Å². The van der Waals surface area contributed by atoms with Crippen molar-refractivity contribution in [1.29, 1.82) is 0 Å². The number of piperidine rings is 1. The van der Waals surface area contributed by atoms with Crippen LogP contribution in [0, 0.1) is 6.92 Å². The summed E-state index contributed by atoms with van der Waals surface area (Å²) in [6.07, 6.45) is 9.08. The van der Waals surface area contributed by atoms with E-state index in [1.165, 1.54) is 24.1 Å². The van der Waals surface area contributed by atoms with E-state index in [0.717, 1.165) is 42.4 Å². The number of likely N-dealkylation sites (tertiary alicyclic amines) is 1. The van der Waals surface area contributed by atoms with Crippen LogP contribution in [0.3, 0.4) is 0 Å². The van der Waals surface area contributed by atoms with Gasteiger partial charge in [0.15, 0.2) is 5.65 Å². The molecule has 0 aromatic carbocycles. The second kappa shape index (κ2) is 10.1. The summed E-state index contributed by atoms with van der Waals surface area (Å²) in [4.78, 5) is 33.6. The lowest BCUT2D eigenvalue weighted by Gasteiger charge is -2.33. The number of hydrogen-bond donors (Lipinski definition) is 2. The molecular weight excluding hydrogens is 448 g/mol. The average Bonchev–Trinajstić information content (AvgIpc) is 3.50. The second-order valence-electron chi connectivity index (χ2n) is 9.45. The fraction of sp³-hybridized carbons (Fsp3) is 0.520. The number of amides is 3. The van der Waals surface area contributed by atoms with Gasteiger partial charge < -0.3 is 15.5 Å². The van der Waals surface area contributed by atoms with Crippen LogP contribution in [0.1, 0.15) is 65.9 Å². The van der Waals surface area contributed by atoms with E-state index in [0.29, 0.717) is 31.2 Å². The summed E-state index contributed by atoms with van der Waals surface area (Å²) in [7, 11) is 0. The zero-order valence-electron chi connectivity index (χ0n) is 19.6. The van der Waals surface area contributed by atoms with E-state index in [1.54, 1.807) is 17.5 Å². The van der Waals surface area contributed by atoms with Gasteiger partial charge in [0.2, 0.25) is 0 Å². The summed E-state index contributed by atoms with van der Waals surface area (Å²) in [6.45, 7) is 3.81. The van der Waals surface area contributed by atoms with Crippen LogP contribution in [0.2, 0.25) is 0 Å². The third-order valence-electron chi connectivity index (χ3n) is 6.91. The first-order valence-electron chi connectivity index (χ1n) is 12.3. The maximum Gasteiger partial charge on any atom is 0.315 e. The molecule has 3 amide bonds. The van der Waals surface area contributed by atoms with Gasteiger partial charge in [-0.25, -0.2) is 14.5 Å². The fourth-order valence-corrected chi connectivity index (χ4v) is 5.76. The summed E-state index contributed by atoms with van der Waals surface area (Å²) >= 11 is 1.68. The number of urea groups is 1. The molecular formula is C25H32N6O2S. The van der Waals surface area contributed by atoms with E-state index >= 15 is 0 Å². The van der Waals surface area contributed by atoms with Crippen molar-refractivity contribution in [3.63, 3.8) is 0 Å². The molecule has 3 aromatic rings. The van der Waals surface area contributed by atoms with Gasteiger partial charge in [0.1, 0.15) is 0 Å². The highest BCUT2D eigenvalue weighted by Gasteiger charge is 2.27. The standard InChI is InChI=1S/C25H32N6O2S/c1-17-14-21(22-15-26-31(23(22)27-17)16-20-8-5-13-34-20)24(32)30-11-9-19(10-12-30)29-25(33)28-18-6-3-2-4-7-18/h5,8,13-15,18-19H,2-4,6-7,9-12,16H2,1H3,(H2,28,29,33). The highest BCUT2D eigenvalue weighted by molar-refractivity contribution is 7.09. The number of hydrogen-bond acceptors (Lipinski definition) is 5. The maximum absolute atomic E-state index is 13.4. The largest absolute Gasteiger partial charge is 0.338 e. The first-order valence-corrected chi connectivity index (χ1v) is 13.2. The van der Waals surface area contributed by atoms with Crippen LogP contribution >= 0.6 is 11.3 Å². The highest BCUT2D eigenvalue weighted by atomic mass is 32.1. The van der Waals surface area contributed by atoms with Crippen molar-refractivity contribution in [3.05, 3.63) is 45.9 Å². The molecule has 4 heterocycles. The molecule has 180 valence electrons. The number of fused-ring (bicyclic) bond motifs is 1. The molecule has 0 unspecified atom stereocenters. The number of aryl methyl sites for hydroxylation is 1. The molecule has 2 N–H and O–H groups in total. The van der Waals surface area contributed by atoms with Crippen molar-refractivity contribution >= 4 is 34.3 Å². The lowest BCUT2D eigenvalue weighted by Crippen LogP contribution is -2.51. The van der Waals surface area contributed by atoms with Gasteiger partial charge in [-0.3, -0.25) is 4.79 Å². The summed E-state index contributed by atoms with van der Waals surface area (Å²) in [6, 6.07) is 6.30. The Morgan fingerprint density at radius 2 is 1.82 bits per heavy atom. The van der Waals surface area contributed by atoms with Gasteiger partial charge in [0.25, 0.3) is 5.91 Å². The zero-order chi connectivity index (χ0) is 23.5. The number of pyridine rings is 1. The predicted molar refractivity (Wildman–Crippen MR) is 133 cm³/mol. The smallest absolute Gasteiger partial charge is 0.315 e. The van der Waals surface area contributed by atoms with Crippen LogP contribution in [-0.2, 0) is 6.54 Å². The van der Waals surface area contributed by atoms with Crippen LogP contribution in [0.4, 0.5) is 4.79 Å². The maximum atomic E-state index is 13.4. The molecule has 0 bridgehead atoms. The van der Waals surface area contributed by atoms with Crippen molar-refractivity contribution in [2.24, 2.45) is 0 Å². The van der Waals surface area contributed by atoms with E-state index in [2.05, 4.69) is 26.8 Å². The van der Waals surface area contributed by atoms with Gasteiger partial charge in [-0.2, -0.15) is 5.10 Å². The molecule has 2 fully saturated rings. The number of thiophene rings is 1. The van der Waals surface area contributed by atoms with E-state index in [-0.39, 0.29) is 18.0 Å². The second-order valence-corrected chi connectivity index (χ2v) is 10.5. The molecule has 0 spiro atoms. The van der Waals surface area contributed by atoms with Crippen molar-refractivity contribution in [1.82, 2.24) is 30.3 Å². The van der Waals surface area contributed by atoms with Gasteiger partial charge >= 0.3 is 6.03 Å². The molecule has 1 aliphatic heterocycles. The Morgan fingerprint density at radius 1 is 1.09 bits per heavy atom. The van der Waals surface area contributed by atoms with Gasteiger partial charge in [0, 0.05) is 35.7 Å². The minimum absolute atomic E-state index is 0.0104. The van der Waals surface area contributed by atoms with E-state index in [9.17, 15) is 9.59 Å². The summed E-state index contributed by atoms with van der Waals surface area (Å²) in [5.41, 5.74) is 2.20. The molecule has 1 aliphatic carbocycles. The number of carbonyl (C=O) groups is 2. The fourth-order valence-electron chi connectivity index (χ4n) is 5.07. The first-order chi connectivity index (χ1) is 16.6. The number of nitrogens with zero attached hydrogens (tertiary/aromatic N) is 4.